The molecule has 7 aromatic rings. The number of benzene rings is 1. The smallest absolute Gasteiger partial charge is 0.276 e. The lowest BCUT2D eigenvalue weighted by Gasteiger charge is -2.22. The largest absolute Gasteiger partial charge is 0.491 e. The van der Waals surface area contributed by atoms with E-state index >= 15 is 0 Å². The van der Waals surface area contributed by atoms with Crippen LogP contribution in [0.25, 0.3) is 44.6 Å². The second-order valence-electron chi connectivity index (χ2n) is 15.3. The molecule has 0 aliphatic carbocycles. The number of hydrogen-bond acceptors (Lipinski definition) is 11. The van der Waals surface area contributed by atoms with Crippen LogP contribution in [0, 0.1) is 19.8 Å². The van der Waals surface area contributed by atoms with E-state index in [0.29, 0.717) is 77.5 Å². The van der Waals surface area contributed by atoms with Gasteiger partial charge in [-0.3, -0.25) is 33.6 Å². The van der Waals surface area contributed by atoms with Gasteiger partial charge in [-0.2, -0.15) is 10.2 Å². The zero-order chi connectivity index (χ0) is 42.8. The van der Waals surface area contributed by atoms with Crippen molar-refractivity contribution in [2.45, 2.75) is 79.6 Å². The SMILES string of the molecule is CCn1nc(C)cc1C(=O)Nc1nc2cc(C(N)=O)cnc2n1C/C=C/Cn1c2nc(-c3cc(C)nn3CC)ncc2c2cc(C(N)=O)cc(OCCCC3CCNCC3)c21. The van der Waals surface area contributed by atoms with Gasteiger partial charge in [0.1, 0.15) is 28.3 Å². The van der Waals surface area contributed by atoms with E-state index in [2.05, 4.69) is 35.4 Å². The Morgan fingerprint density at radius 1 is 0.836 bits per heavy atom. The average Bonchev–Trinajstić information content (AvgIpc) is 4.01. The van der Waals surface area contributed by atoms with Gasteiger partial charge in [-0.25, -0.2) is 19.9 Å². The topological polar surface area (TPSA) is 234 Å². The molecule has 0 saturated carbocycles. The molecule has 6 N–H and O–H groups in total. The number of nitrogens with two attached hydrogens (primary N) is 2. The number of aromatic nitrogens is 10. The first-order valence-corrected chi connectivity index (χ1v) is 20.7. The zero-order valence-corrected chi connectivity index (χ0v) is 34.8. The second kappa shape index (κ2) is 17.3. The lowest BCUT2D eigenvalue weighted by atomic mass is 9.93. The number of imidazole rings is 1. The van der Waals surface area contributed by atoms with Gasteiger partial charge in [0.25, 0.3) is 5.91 Å². The van der Waals surface area contributed by atoms with Crippen molar-refractivity contribution < 1.29 is 19.1 Å². The Hall–Kier alpha value is -6.95. The van der Waals surface area contributed by atoms with E-state index in [4.69, 9.17) is 26.2 Å². The molecular formula is C43H50N14O4. The molecule has 61 heavy (non-hydrogen) atoms. The molecule has 7 heterocycles. The first-order chi connectivity index (χ1) is 29.5. The standard InChI is InChI=1S/C43H50N14O4/c1-5-56-33(18-25(3)52-56)39-47-24-31-30-20-28(37(44)58)22-35(61-17-9-10-27-11-13-46-14-12-27)36(30)54(40(31)50-39)15-7-8-16-55-41-32(21-29(23-48-41)38(45)59)49-43(55)51-42(60)34-19-26(4)53-57(34)6-2/h7-8,18-24,27,46H,5-6,9-17H2,1-4H3,(H2,44,58)(H2,45,59)(H,49,51,60)/b8-7+. The highest BCUT2D eigenvalue weighted by atomic mass is 16.5. The molecule has 1 fully saturated rings. The Morgan fingerprint density at radius 3 is 2.30 bits per heavy atom. The van der Waals surface area contributed by atoms with Crippen molar-refractivity contribution in [1.82, 2.24) is 53.9 Å². The molecule has 1 aliphatic heterocycles. The van der Waals surface area contributed by atoms with Gasteiger partial charge in [0.2, 0.25) is 17.8 Å². The minimum absolute atomic E-state index is 0.193. The number of nitrogens with zero attached hydrogens (tertiary/aromatic N) is 10. The van der Waals surface area contributed by atoms with E-state index in [1.54, 1.807) is 39.7 Å². The third-order valence-corrected chi connectivity index (χ3v) is 11.1. The summed E-state index contributed by atoms with van der Waals surface area (Å²) in [6.45, 7) is 12.0. The third kappa shape index (κ3) is 8.30. The lowest BCUT2D eigenvalue weighted by molar-refractivity contribution is 0.0991. The maximum absolute atomic E-state index is 13.6. The van der Waals surface area contributed by atoms with Crippen LogP contribution in [0.15, 0.2) is 54.9 Å². The molecule has 0 spiro atoms. The third-order valence-electron chi connectivity index (χ3n) is 11.1. The van der Waals surface area contributed by atoms with Gasteiger partial charge in [0.05, 0.1) is 29.1 Å². The van der Waals surface area contributed by atoms with Crippen LogP contribution in [0.4, 0.5) is 5.95 Å². The molecule has 316 valence electrons. The van der Waals surface area contributed by atoms with Gasteiger partial charge >= 0.3 is 0 Å². The van der Waals surface area contributed by atoms with Crippen LogP contribution in [0.5, 0.6) is 5.75 Å². The van der Waals surface area contributed by atoms with Crippen molar-refractivity contribution in [2.24, 2.45) is 17.4 Å². The van der Waals surface area contributed by atoms with Crippen molar-refractivity contribution in [3.63, 3.8) is 0 Å². The summed E-state index contributed by atoms with van der Waals surface area (Å²) in [6.07, 6.45) is 11.3. The van der Waals surface area contributed by atoms with E-state index in [9.17, 15) is 14.4 Å². The van der Waals surface area contributed by atoms with Crippen LogP contribution < -0.4 is 26.8 Å². The van der Waals surface area contributed by atoms with Crippen molar-refractivity contribution in [2.75, 3.05) is 25.0 Å². The molecule has 6 aromatic heterocycles. The summed E-state index contributed by atoms with van der Waals surface area (Å²) in [6, 6.07) is 8.71. The summed E-state index contributed by atoms with van der Waals surface area (Å²) in [5.74, 6) is 0.321. The first kappa shape index (κ1) is 40.8. The number of allylic oxidation sites excluding steroid dienone is 2. The predicted molar refractivity (Wildman–Crippen MR) is 231 cm³/mol. The average molecular weight is 827 g/mol. The van der Waals surface area contributed by atoms with E-state index in [-0.39, 0.29) is 18.1 Å². The number of ether oxygens (including phenoxy) is 1. The molecule has 1 saturated heterocycles. The van der Waals surface area contributed by atoms with Crippen molar-refractivity contribution in [3.05, 3.63) is 83.1 Å². The first-order valence-electron chi connectivity index (χ1n) is 20.7. The second-order valence-corrected chi connectivity index (χ2v) is 15.3. The van der Waals surface area contributed by atoms with Crippen LogP contribution >= 0.6 is 0 Å². The molecule has 1 aliphatic rings. The zero-order valence-electron chi connectivity index (χ0n) is 34.8. The number of nitrogens with one attached hydrogen (secondary N) is 2. The van der Waals surface area contributed by atoms with Gasteiger partial charge in [-0.1, -0.05) is 12.2 Å². The normalized spacial score (nSPS) is 13.6. The molecule has 1 aromatic carbocycles. The van der Waals surface area contributed by atoms with Crippen molar-refractivity contribution >= 4 is 56.8 Å². The summed E-state index contributed by atoms with van der Waals surface area (Å²) >= 11 is 0. The Kier molecular flexibility index (Phi) is 11.6. The van der Waals surface area contributed by atoms with Gasteiger partial charge in [0, 0.05) is 54.9 Å². The number of carbonyl (C=O) groups excluding carboxylic acids is 3. The molecule has 18 nitrogen and oxygen atoms in total. The van der Waals surface area contributed by atoms with Gasteiger partial charge in [0.15, 0.2) is 11.5 Å². The quantitative estimate of drug-likeness (QED) is 0.0755. The Balaban J connectivity index is 1.17. The molecule has 3 amide bonds. The highest BCUT2D eigenvalue weighted by molar-refractivity contribution is 6.12. The fourth-order valence-corrected chi connectivity index (χ4v) is 8.12. The molecule has 0 radical (unpaired) electrons. The Morgan fingerprint density at radius 2 is 1.56 bits per heavy atom. The van der Waals surface area contributed by atoms with Gasteiger partial charge in [-0.05, 0) is 103 Å². The minimum atomic E-state index is -0.641. The number of hydrogen-bond donors (Lipinski definition) is 4. The fourth-order valence-electron chi connectivity index (χ4n) is 8.12. The van der Waals surface area contributed by atoms with Gasteiger partial charge in [-0.15, -0.1) is 0 Å². The molecule has 0 unspecified atom stereocenters. The highest BCUT2D eigenvalue weighted by Gasteiger charge is 2.23. The van der Waals surface area contributed by atoms with Crippen LogP contribution in [0.1, 0.15) is 82.1 Å². The number of fused-ring (bicyclic) bond motifs is 4. The molecule has 0 bridgehead atoms. The number of primary amides is 2. The number of anilines is 1. The molecule has 8 rings (SSSR count). The van der Waals surface area contributed by atoms with E-state index in [1.807, 2.05) is 50.6 Å². The maximum atomic E-state index is 13.6. The number of amides is 3. The van der Waals surface area contributed by atoms with Crippen LogP contribution in [-0.4, -0.2) is 86.0 Å². The van der Waals surface area contributed by atoms with Crippen LogP contribution in [-0.2, 0) is 26.2 Å². The molecule has 0 atom stereocenters. The number of pyridine rings is 1. The predicted octanol–water partition coefficient (Wildman–Crippen LogP) is 4.91. The van der Waals surface area contributed by atoms with Crippen molar-refractivity contribution in [1.29, 1.82) is 0 Å². The minimum Gasteiger partial charge on any atom is -0.491 e. The van der Waals surface area contributed by atoms with Gasteiger partial charge < -0.3 is 26.1 Å². The Labute approximate surface area is 351 Å². The Bertz CT molecular complexity index is 2820. The molecular weight excluding hydrogens is 777 g/mol. The van der Waals surface area contributed by atoms with E-state index in [0.717, 1.165) is 66.4 Å². The van der Waals surface area contributed by atoms with Crippen molar-refractivity contribution in [3.8, 4) is 17.3 Å². The number of piperidine rings is 1. The number of aryl methyl sites for hydroxylation is 4. The summed E-state index contributed by atoms with van der Waals surface area (Å²) in [4.78, 5) is 57.4. The maximum Gasteiger partial charge on any atom is 0.276 e. The van der Waals surface area contributed by atoms with E-state index in [1.165, 1.54) is 6.20 Å². The van der Waals surface area contributed by atoms with Crippen LogP contribution in [0.3, 0.4) is 0 Å². The molecule has 18 heteroatoms. The number of carbonyl (C=O) groups is 3. The monoisotopic (exact) mass is 826 g/mol. The van der Waals surface area contributed by atoms with E-state index < -0.39 is 17.7 Å². The summed E-state index contributed by atoms with van der Waals surface area (Å²) in [5, 5.41) is 16.9. The summed E-state index contributed by atoms with van der Waals surface area (Å²) in [7, 11) is 0. The summed E-state index contributed by atoms with van der Waals surface area (Å²) in [5.41, 5.74) is 16.9. The summed E-state index contributed by atoms with van der Waals surface area (Å²) < 4.78 is 13.8. The lowest BCUT2D eigenvalue weighted by Crippen LogP contribution is -2.27. The van der Waals surface area contributed by atoms with Crippen LogP contribution in [0.2, 0.25) is 0 Å². The highest BCUT2D eigenvalue weighted by Crippen LogP contribution is 2.37. The fraction of sp³-hybridized carbons (Fsp3) is 0.372. The number of rotatable bonds is 16.